The Balaban J connectivity index is 1.82. The van der Waals surface area contributed by atoms with Crippen molar-refractivity contribution >= 4 is 21.7 Å². The van der Waals surface area contributed by atoms with Gasteiger partial charge in [-0.1, -0.05) is 17.7 Å². The molecule has 1 aromatic carbocycles. The molecule has 5 aromatic rings. The number of rotatable bonds is 2. The summed E-state index contributed by atoms with van der Waals surface area (Å²) >= 11 is 0. The minimum absolute atomic E-state index is 0.219. The van der Waals surface area contributed by atoms with Crippen molar-refractivity contribution < 1.29 is 0 Å². The van der Waals surface area contributed by atoms with Crippen molar-refractivity contribution in [3.63, 3.8) is 0 Å². The Bertz CT molecular complexity index is 1540. The van der Waals surface area contributed by atoms with Crippen LogP contribution < -0.4 is 11.1 Å². The molecule has 0 N–H and O–H groups in total. The summed E-state index contributed by atoms with van der Waals surface area (Å²) in [5.74, 6) is 1.17. The summed E-state index contributed by atoms with van der Waals surface area (Å²) < 4.78 is 4.63. The Kier molecular flexibility index (Phi) is 3.89. The molecule has 0 unspecified atom stereocenters. The third-order valence-electron chi connectivity index (χ3n) is 5.26. The van der Waals surface area contributed by atoms with Crippen LogP contribution in [0.15, 0.2) is 64.6 Å². The molecule has 30 heavy (non-hydrogen) atoms. The molecular weight excluding hydrogens is 380 g/mol. The van der Waals surface area contributed by atoms with Crippen LogP contribution in [0.1, 0.15) is 17.2 Å². The van der Waals surface area contributed by atoms with Crippen molar-refractivity contribution in [2.45, 2.75) is 20.8 Å². The molecular formula is C22H18N6O2. The second kappa shape index (κ2) is 6.48. The van der Waals surface area contributed by atoms with Gasteiger partial charge in [-0.25, -0.2) is 9.35 Å². The van der Waals surface area contributed by atoms with Crippen LogP contribution in [0.4, 0.5) is 0 Å². The highest BCUT2D eigenvalue weighted by molar-refractivity contribution is 6.04. The van der Waals surface area contributed by atoms with Gasteiger partial charge in [-0.05, 0) is 45.0 Å². The van der Waals surface area contributed by atoms with E-state index in [1.54, 1.807) is 47.6 Å². The summed E-state index contributed by atoms with van der Waals surface area (Å²) in [4.78, 5) is 30.9. The van der Waals surface area contributed by atoms with Crippen LogP contribution >= 0.6 is 0 Å². The normalized spacial score (nSPS) is 11.4. The SMILES string of the molecule is Cc1ccc(-n2ccc3ncc4c(=O)n(-n5c(C)nnc5C)ccc4c3c2=O)cc1. The molecule has 4 aromatic heterocycles. The maximum absolute atomic E-state index is 13.3. The van der Waals surface area contributed by atoms with E-state index >= 15 is 0 Å². The molecule has 8 nitrogen and oxygen atoms in total. The van der Waals surface area contributed by atoms with Crippen LogP contribution in [0.5, 0.6) is 0 Å². The number of benzene rings is 1. The van der Waals surface area contributed by atoms with Gasteiger partial charge in [0.1, 0.15) is 11.6 Å². The molecule has 4 heterocycles. The van der Waals surface area contributed by atoms with Gasteiger partial charge in [0.2, 0.25) is 0 Å². The van der Waals surface area contributed by atoms with Gasteiger partial charge in [0, 0.05) is 29.7 Å². The number of nitrogens with zero attached hydrogens (tertiary/aromatic N) is 6. The van der Waals surface area contributed by atoms with E-state index < -0.39 is 0 Å². The zero-order valence-corrected chi connectivity index (χ0v) is 16.7. The van der Waals surface area contributed by atoms with E-state index in [4.69, 9.17) is 0 Å². The first-order chi connectivity index (χ1) is 14.5. The van der Waals surface area contributed by atoms with E-state index in [0.717, 1.165) is 11.3 Å². The quantitative estimate of drug-likeness (QED) is 0.427. The van der Waals surface area contributed by atoms with Crippen molar-refractivity contribution in [2.75, 3.05) is 0 Å². The number of pyridine rings is 3. The van der Waals surface area contributed by atoms with Crippen LogP contribution in [0, 0.1) is 20.8 Å². The molecule has 0 aliphatic rings. The highest BCUT2D eigenvalue weighted by Gasteiger charge is 2.15. The number of aromatic nitrogens is 6. The molecule has 0 amide bonds. The molecule has 8 heteroatoms. The average Bonchev–Trinajstić information content (AvgIpc) is 3.07. The predicted octanol–water partition coefficient (Wildman–Crippen LogP) is 2.53. The minimum atomic E-state index is -0.293. The Hall–Kier alpha value is -4.07. The van der Waals surface area contributed by atoms with E-state index in [0.29, 0.717) is 33.3 Å². The molecule has 0 radical (unpaired) electrons. The highest BCUT2D eigenvalue weighted by atomic mass is 16.1. The average molecular weight is 398 g/mol. The van der Waals surface area contributed by atoms with Gasteiger partial charge in [-0.2, -0.15) is 0 Å². The fourth-order valence-electron chi connectivity index (χ4n) is 3.75. The molecule has 0 aliphatic carbocycles. The Morgan fingerprint density at radius 1 is 0.767 bits per heavy atom. The smallest absolute Gasteiger partial charge is 0.279 e. The molecule has 0 fully saturated rings. The number of hydrogen-bond acceptors (Lipinski definition) is 5. The van der Waals surface area contributed by atoms with Crippen LogP contribution in [-0.2, 0) is 0 Å². The van der Waals surface area contributed by atoms with Gasteiger partial charge in [0.05, 0.1) is 16.3 Å². The topological polar surface area (TPSA) is 87.6 Å². The summed E-state index contributed by atoms with van der Waals surface area (Å²) in [6, 6.07) is 11.2. The molecule has 0 aliphatic heterocycles. The zero-order valence-electron chi connectivity index (χ0n) is 16.7. The fourth-order valence-corrected chi connectivity index (χ4v) is 3.75. The number of hydrogen-bond donors (Lipinski definition) is 0. The third kappa shape index (κ3) is 2.57. The van der Waals surface area contributed by atoms with Gasteiger partial charge >= 0.3 is 0 Å². The lowest BCUT2D eigenvalue weighted by molar-refractivity contribution is 0.595. The minimum Gasteiger partial charge on any atom is -0.284 e. The molecule has 0 bridgehead atoms. The lowest BCUT2D eigenvalue weighted by atomic mass is 10.1. The first-order valence-electron chi connectivity index (χ1n) is 9.48. The Labute approximate surface area is 170 Å². The lowest BCUT2D eigenvalue weighted by Gasteiger charge is -2.12. The first kappa shape index (κ1) is 18.0. The third-order valence-corrected chi connectivity index (χ3v) is 5.26. The standard InChI is InChI=1S/C22H18N6O2/c1-13-4-6-16(7-5-13)26-10-9-19-20(22(26)30)17-8-11-27(21(29)18(17)12-23-19)28-14(2)24-25-15(28)3/h4-12H,1-3H3. The summed E-state index contributed by atoms with van der Waals surface area (Å²) in [7, 11) is 0. The van der Waals surface area contributed by atoms with E-state index in [-0.39, 0.29) is 11.1 Å². The van der Waals surface area contributed by atoms with Gasteiger partial charge in [-0.3, -0.25) is 19.1 Å². The lowest BCUT2D eigenvalue weighted by Crippen LogP contribution is -2.28. The van der Waals surface area contributed by atoms with E-state index in [1.165, 1.54) is 10.9 Å². The van der Waals surface area contributed by atoms with Gasteiger partial charge in [0.15, 0.2) is 0 Å². The zero-order chi connectivity index (χ0) is 21.0. The van der Waals surface area contributed by atoms with Crippen molar-refractivity contribution in [1.29, 1.82) is 0 Å². The molecule has 148 valence electrons. The van der Waals surface area contributed by atoms with Gasteiger partial charge in [-0.15, -0.1) is 10.2 Å². The van der Waals surface area contributed by atoms with Crippen LogP contribution in [-0.4, -0.2) is 29.1 Å². The highest BCUT2D eigenvalue weighted by Crippen LogP contribution is 2.19. The van der Waals surface area contributed by atoms with Crippen molar-refractivity contribution in [3.8, 4) is 5.69 Å². The van der Waals surface area contributed by atoms with Crippen molar-refractivity contribution in [1.82, 2.24) is 29.1 Å². The summed E-state index contributed by atoms with van der Waals surface area (Å²) in [6.07, 6.45) is 4.86. The van der Waals surface area contributed by atoms with Crippen molar-refractivity contribution in [2.24, 2.45) is 0 Å². The van der Waals surface area contributed by atoms with Crippen LogP contribution in [0.25, 0.3) is 27.4 Å². The molecule has 0 atom stereocenters. The number of fused-ring (bicyclic) bond motifs is 3. The fraction of sp³-hybridized carbons (Fsp3) is 0.136. The summed E-state index contributed by atoms with van der Waals surface area (Å²) in [5, 5.41) is 9.36. The van der Waals surface area contributed by atoms with E-state index in [1.807, 2.05) is 31.2 Å². The second-order valence-corrected chi connectivity index (χ2v) is 7.24. The monoisotopic (exact) mass is 398 g/mol. The largest absolute Gasteiger partial charge is 0.284 e. The maximum Gasteiger partial charge on any atom is 0.279 e. The van der Waals surface area contributed by atoms with Gasteiger partial charge in [0.25, 0.3) is 11.1 Å². The molecule has 0 saturated heterocycles. The van der Waals surface area contributed by atoms with Crippen LogP contribution in [0.2, 0.25) is 0 Å². The number of aryl methyl sites for hydroxylation is 3. The van der Waals surface area contributed by atoms with Gasteiger partial charge < -0.3 is 0 Å². The maximum atomic E-state index is 13.3. The van der Waals surface area contributed by atoms with Crippen LogP contribution in [0.3, 0.4) is 0 Å². The molecule has 5 rings (SSSR count). The van der Waals surface area contributed by atoms with E-state index in [2.05, 4.69) is 15.2 Å². The second-order valence-electron chi connectivity index (χ2n) is 7.24. The molecule has 0 spiro atoms. The summed E-state index contributed by atoms with van der Waals surface area (Å²) in [6.45, 7) is 5.54. The first-order valence-corrected chi connectivity index (χ1v) is 9.48. The summed E-state index contributed by atoms with van der Waals surface area (Å²) in [5.41, 5.74) is 1.90. The Morgan fingerprint density at radius 3 is 2.17 bits per heavy atom. The van der Waals surface area contributed by atoms with Crippen molar-refractivity contribution in [3.05, 3.63) is 92.9 Å². The predicted molar refractivity (Wildman–Crippen MR) is 114 cm³/mol. The Morgan fingerprint density at radius 2 is 1.47 bits per heavy atom. The van der Waals surface area contributed by atoms with E-state index in [9.17, 15) is 9.59 Å². The molecule has 0 saturated carbocycles.